The zero-order valence-electron chi connectivity index (χ0n) is 12.6. The fourth-order valence-corrected chi connectivity index (χ4v) is 2.75. The lowest BCUT2D eigenvalue weighted by molar-refractivity contribution is -0.117. The Morgan fingerprint density at radius 1 is 0.909 bits per heavy atom. The van der Waals surface area contributed by atoms with Crippen molar-refractivity contribution in [1.29, 1.82) is 0 Å². The van der Waals surface area contributed by atoms with Crippen LogP contribution in [0.5, 0.6) is 0 Å². The average Bonchev–Trinajstić information content (AvgIpc) is 2.56. The van der Waals surface area contributed by atoms with Crippen molar-refractivity contribution in [3.63, 3.8) is 0 Å². The topological polar surface area (TPSA) is 29.1 Å². The average molecular weight is 289 g/mol. The number of carbonyl (C=O) groups excluding carboxylic acids is 1. The molecule has 0 bridgehead atoms. The summed E-state index contributed by atoms with van der Waals surface area (Å²) in [6, 6.07) is 24.1. The van der Waals surface area contributed by atoms with Crippen molar-refractivity contribution < 1.29 is 4.79 Å². The molecule has 0 heterocycles. The molecule has 0 saturated heterocycles. The Balaban J connectivity index is 1.82. The van der Waals surface area contributed by atoms with E-state index in [0.29, 0.717) is 0 Å². The largest absolute Gasteiger partial charge is 0.326 e. The van der Waals surface area contributed by atoms with Crippen molar-refractivity contribution >= 4 is 22.4 Å². The second kappa shape index (κ2) is 6.44. The number of fused-ring (bicyclic) bond motifs is 1. The maximum Gasteiger partial charge on any atom is 0.231 e. The highest BCUT2D eigenvalue weighted by atomic mass is 16.1. The first-order valence-corrected chi connectivity index (χ1v) is 7.62. The molecule has 22 heavy (non-hydrogen) atoms. The first-order chi connectivity index (χ1) is 10.8. The zero-order valence-corrected chi connectivity index (χ0v) is 12.6. The fraction of sp³-hybridized carbons (Fsp3) is 0.150. The van der Waals surface area contributed by atoms with Crippen LogP contribution in [-0.4, -0.2) is 5.91 Å². The van der Waals surface area contributed by atoms with Gasteiger partial charge in [-0.3, -0.25) is 4.79 Å². The zero-order chi connectivity index (χ0) is 15.4. The molecule has 3 aromatic rings. The lowest BCUT2D eigenvalue weighted by atomic mass is 9.95. The molecule has 3 rings (SSSR count). The van der Waals surface area contributed by atoms with Gasteiger partial charge in [-0.25, -0.2) is 0 Å². The molecule has 1 N–H and O–H groups in total. The van der Waals surface area contributed by atoms with E-state index in [1.54, 1.807) is 0 Å². The molecule has 2 nitrogen and oxygen atoms in total. The molecule has 1 amide bonds. The summed E-state index contributed by atoms with van der Waals surface area (Å²) in [7, 11) is 0. The second-order valence-corrected chi connectivity index (χ2v) is 5.42. The summed E-state index contributed by atoms with van der Waals surface area (Å²) in [6.45, 7) is 2.04. The first kappa shape index (κ1) is 14.3. The Morgan fingerprint density at radius 2 is 1.59 bits per heavy atom. The summed E-state index contributed by atoms with van der Waals surface area (Å²) in [5.41, 5.74) is 1.90. The number of anilines is 1. The number of benzene rings is 3. The van der Waals surface area contributed by atoms with Crippen molar-refractivity contribution in [1.82, 2.24) is 0 Å². The summed E-state index contributed by atoms with van der Waals surface area (Å²) in [6.07, 6.45) is 0.781. The minimum Gasteiger partial charge on any atom is -0.326 e. The van der Waals surface area contributed by atoms with Crippen molar-refractivity contribution in [2.75, 3.05) is 5.32 Å². The monoisotopic (exact) mass is 289 g/mol. The predicted molar refractivity (Wildman–Crippen MR) is 92.1 cm³/mol. The van der Waals surface area contributed by atoms with Gasteiger partial charge < -0.3 is 5.32 Å². The van der Waals surface area contributed by atoms with Gasteiger partial charge in [0.2, 0.25) is 5.91 Å². The number of hydrogen-bond donors (Lipinski definition) is 1. The molecule has 0 aliphatic carbocycles. The van der Waals surface area contributed by atoms with Crippen LogP contribution in [-0.2, 0) is 4.79 Å². The maximum atomic E-state index is 12.6. The predicted octanol–water partition coefficient (Wildman–Crippen LogP) is 4.97. The van der Waals surface area contributed by atoms with Gasteiger partial charge >= 0.3 is 0 Å². The SMILES string of the molecule is CCC(C(=O)Nc1ccc2ccccc2c1)c1ccccc1. The quantitative estimate of drug-likeness (QED) is 0.721. The number of hydrogen-bond acceptors (Lipinski definition) is 1. The van der Waals surface area contributed by atoms with E-state index in [1.165, 1.54) is 5.39 Å². The summed E-state index contributed by atoms with van der Waals surface area (Å²) < 4.78 is 0. The number of nitrogens with one attached hydrogen (secondary N) is 1. The summed E-state index contributed by atoms with van der Waals surface area (Å²) in [4.78, 5) is 12.6. The van der Waals surface area contributed by atoms with E-state index >= 15 is 0 Å². The van der Waals surface area contributed by atoms with E-state index in [4.69, 9.17) is 0 Å². The van der Waals surface area contributed by atoms with Crippen LogP contribution >= 0.6 is 0 Å². The lowest BCUT2D eigenvalue weighted by Gasteiger charge is -2.15. The van der Waals surface area contributed by atoms with Crippen molar-refractivity contribution in [3.8, 4) is 0 Å². The third kappa shape index (κ3) is 3.01. The third-order valence-electron chi connectivity index (χ3n) is 3.94. The molecule has 110 valence electrons. The van der Waals surface area contributed by atoms with Crippen LogP contribution in [0, 0.1) is 0 Å². The van der Waals surface area contributed by atoms with E-state index in [9.17, 15) is 4.79 Å². The molecule has 1 unspecified atom stereocenters. The van der Waals surface area contributed by atoms with E-state index in [2.05, 4.69) is 17.4 Å². The standard InChI is InChI=1S/C20H19NO/c1-2-19(16-9-4-3-5-10-16)20(22)21-18-13-12-15-8-6-7-11-17(15)14-18/h3-14,19H,2H2,1H3,(H,21,22). The lowest BCUT2D eigenvalue weighted by Crippen LogP contribution is -2.20. The van der Waals surface area contributed by atoms with Gasteiger partial charge in [0.25, 0.3) is 0 Å². The molecule has 0 aliphatic rings. The van der Waals surface area contributed by atoms with Gasteiger partial charge in [0, 0.05) is 5.69 Å². The Morgan fingerprint density at radius 3 is 2.32 bits per heavy atom. The van der Waals surface area contributed by atoms with Gasteiger partial charge in [-0.1, -0.05) is 67.6 Å². The molecule has 0 radical (unpaired) electrons. The van der Waals surface area contributed by atoms with Crippen LogP contribution in [0.1, 0.15) is 24.8 Å². The number of carbonyl (C=O) groups is 1. The van der Waals surface area contributed by atoms with Gasteiger partial charge in [-0.2, -0.15) is 0 Å². The van der Waals surface area contributed by atoms with Crippen LogP contribution in [0.3, 0.4) is 0 Å². The maximum absolute atomic E-state index is 12.6. The Hall–Kier alpha value is -2.61. The minimum absolute atomic E-state index is 0.0454. The third-order valence-corrected chi connectivity index (χ3v) is 3.94. The molecule has 0 aliphatic heterocycles. The van der Waals surface area contributed by atoms with Crippen LogP contribution < -0.4 is 5.32 Å². The summed E-state index contributed by atoms with van der Waals surface area (Å²) in [5.74, 6) is -0.0725. The van der Waals surface area contributed by atoms with E-state index in [0.717, 1.165) is 23.1 Å². The first-order valence-electron chi connectivity index (χ1n) is 7.62. The Labute approximate surface area is 130 Å². The minimum atomic E-state index is -0.118. The second-order valence-electron chi connectivity index (χ2n) is 5.42. The highest BCUT2D eigenvalue weighted by Crippen LogP contribution is 2.23. The van der Waals surface area contributed by atoms with Crippen molar-refractivity contribution in [2.45, 2.75) is 19.3 Å². The molecule has 3 aromatic carbocycles. The van der Waals surface area contributed by atoms with E-state index in [1.807, 2.05) is 67.6 Å². The van der Waals surface area contributed by atoms with Gasteiger partial charge in [-0.15, -0.1) is 0 Å². The van der Waals surface area contributed by atoms with Crippen LogP contribution in [0.25, 0.3) is 10.8 Å². The smallest absolute Gasteiger partial charge is 0.231 e. The van der Waals surface area contributed by atoms with Gasteiger partial charge in [0.15, 0.2) is 0 Å². The van der Waals surface area contributed by atoms with Gasteiger partial charge in [0.1, 0.15) is 0 Å². The highest BCUT2D eigenvalue weighted by molar-refractivity contribution is 5.98. The van der Waals surface area contributed by atoms with E-state index < -0.39 is 0 Å². The van der Waals surface area contributed by atoms with E-state index in [-0.39, 0.29) is 11.8 Å². The Kier molecular flexibility index (Phi) is 4.19. The summed E-state index contributed by atoms with van der Waals surface area (Å²) in [5, 5.41) is 5.35. The Bertz CT molecular complexity index is 780. The molecule has 0 spiro atoms. The normalized spacial score (nSPS) is 12.0. The fourth-order valence-electron chi connectivity index (χ4n) is 2.75. The molecule has 0 fully saturated rings. The molecule has 2 heteroatoms. The van der Waals surface area contributed by atoms with Crippen molar-refractivity contribution in [2.24, 2.45) is 0 Å². The van der Waals surface area contributed by atoms with Crippen LogP contribution in [0.15, 0.2) is 72.8 Å². The van der Waals surface area contributed by atoms with Crippen LogP contribution in [0.4, 0.5) is 5.69 Å². The van der Waals surface area contributed by atoms with Crippen LogP contribution in [0.2, 0.25) is 0 Å². The summed E-state index contributed by atoms with van der Waals surface area (Å²) >= 11 is 0. The van der Waals surface area contributed by atoms with Gasteiger partial charge in [0.05, 0.1) is 5.92 Å². The highest BCUT2D eigenvalue weighted by Gasteiger charge is 2.18. The molecular formula is C20H19NO. The molecule has 1 atom stereocenters. The molecule has 0 saturated carbocycles. The van der Waals surface area contributed by atoms with Gasteiger partial charge in [-0.05, 0) is 34.9 Å². The molecular weight excluding hydrogens is 270 g/mol. The number of amides is 1. The molecule has 0 aromatic heterocycles. The number of rotatable bonds is 4. The van der Waals surface area contributed by atoms with Crippen molar-refractivity contribution in [3.05, 3.63) is 78.4 Å².